The van der Waals surface area contributed by atoms with Crippen molar-refractivity contribution in [3.8, 4) is 0 Å². The van der Waals surface area contributed by atoms with Gasteiger partial charge in [-0.05, 0) is 12.1 Å². The fourth-order valence-corrected chi connectivity index (χ4v) is 0.895. The van der Waals surface area contributed by atoms with Crippen LogP contribution in [0.1, 0.15) is 0 Å². The molecule has 15 heavy (non-hydrogen) atoms. The second kappa shape index (κ2) is 4.68. The highest BCUT2D eigenvalue weighted by Crippen LogP contribution is 2.16. The van der Waals surface area contributed by atoms with E-state index < -0.39 is 18.9 Å². The molecule has 0 aliphatic rings. The molecule has 0 heterocycles. The molecule has 0 aliphatic heterocycles. The number of nitrogens with one attached hydrogen (secondary N) is 1. The normalized spacial score (nSPS) is 10.9. The highest BCUT2D eigenvalue weighted by molar-refractivity contribution is 5.75. The standard InChI is InChI=1S/C9H8F3NO2/c10-9(11,12)15-8(14)6-13-7-4-2-1-3-5-7/h1-5,13H,6H2. The van der Waals surface area contributed by atoms with Crippen molar-refractivity contribution in [2.75, 3.05) is 11.9 Å². The van der Waals surface area contributed by atoms with Gasteiger partial charge in [0.25, 0.3) is 0 Å². The first-order valence-corrected chi connectivity index (χ1v) is 4.05. The van der Waals surface area contributed by atoms with Crippen molar-refractivity contribution in [1.82, 2.24) is 0 Å². The van der Waals surface area contributed by atoms with Gasteiger partial charge in [0.1, 0.15) is 6.54 Å². The number of rotatable bonds is 3. The van der Waals surface area contributed by atoms with E-state index in [4.69, 9.17) is 0 Å². The molecule has 0 unspecified atom stereocenters. The molecule has 0 saturated carbocycles. The number of carbonyl (C=O) groups excluding carboxylic acids is 1. The lowest BCUT2D eigenvalue weighted by molar-refractivity contribution is -0.304. The van der Waals surface area contributed by atoms with Crippen LogP contribution < -0.4 is 5.32 Å². The maximum absolute atomic E-state index is 11.6. The maximum Gasteiger partial charge on any atom is 0.575 e. The molecular formula is C9H8F3NO2. The van der Waals surface area contributed by atoms with Gasteiger partial charge >= 0.3 is 12.3 Å². The molecule has 0 fully saturated rings. The Morgan fingerprint density at radius 1 is 1.27 bits per heavy atom. The Morgan fingerprint density at radius 2 is 1.87 bits per heavy atom. The van der Waals surface area contributed by atoms with E-state index in [1.165, 1.54) is 0 Å². The van der Waals surface area contributed by atoms with Crippen LogP contribution in [0.2, 0.25) is 0 Å². The Bertz CT molecular complexity index is 324. The van der Waals surface area contributed by atoms with Gasteiger partial charge < -0.3 is 10.1 Å². The number of alkyl halides is 3. The van der Waals surface area contributed by atoms with Gasteiger partial charge in [-0.3, -0.25) is 0 Å². The number of benzene rings is 1. The Hall–Kier alpha value is -1.72. The second-order valence-electron chi connectivity index (χ2n) is 2.64. The lowest BCUT2D eigenvalue weighted by Crippen LogP contribution is -2.24. The van der Waals surface area contributed by atoms with Crippen molar-refractivity contribution in [3.63, 3.8) is 0 Å². The average Bonchev–Trinajstić information content (AvgIpc) is 2.14. The van der Waals surface area contributed by atoms with Crippen LogP contribution in [0, 0.1) is 0 Å². The summed E-state index contributed by atoms with van der Waals surface area (Å²) in [5.74, 6) is -1.37. The number of para-hydroxylation sites is 1. The maximum atomic E-state index is 11.6. The average molecular weight is 219 g/mol. The summed E-state index contributed by atoms with van der Waals surface area (Å²) in [6, 6.07) is 8.38. The van der Waals surface area contributed by atoms with Gasteiger partial charge in [-0.2, -0.15) is 0 Å². The lowest BCUT2D eigenvalue weighted by atomic mass is 10.3. The van der Waals surface area contributed by atoms with Crippen LogP contribution in [-0.4, -0.2) is 18.9 Å². The molecule has 0 radical (unpaired) electrons. The predicted octanol–water partition coefficient (Wildman–Crippen LogP) is 2.16. The van der Waals surface area contributed by atoms with Gasteiger partial charge in [-0.15, -0.1) is 13.2 Å². The molecule has 0 bridgehead atoms. The quantitative estimate of drug-likeness (QED) is 0.791. The number of anilines is 1. The number of carbonyl (C=O) groups is 1. The van der Waals surface area contributed by atoms with Crippen molar-refractivity contribution in [2.24, 2.45) is 0 Å². The number of hydrogen-bond donors (Lipinski definition) is 1. The zero-order valence-electron chi connectivity index (χ0n) is 7.54. The number of esters is 1. The third-order valence-corrected chi connectivity index (χ3v) is 1.44. The third kappa shape index (κ3) is 4.90. The van der Waals surface area contributed by atoms with Gasteiger partial charge in [-0.25, -0.2) is 4.79 Å². The molecule has 0 aromatic heterocycles. The minimum absolute atomic E-state index is 0.524. The van der Waals surface area contributed by atoms with Gasteiger partial charge in [0, 0.05) is 5.69 Å². The first-order valence-electron chi connectivity index (χ1n) is 4.05. The molecule has 0 aliphatic carbocycles. The van der Waals surface area contributed by atoms with Crippen molar-refractivity contribution >= 4 is 11.7 Å². The summed E-state index contributed by atoms with van der Waals surface area (Å²) in [6.45, 7) is -0.524. The van der Waals surface area contributed by atoms with Crippen LogP contribution in [0.4, 0.5) is 18.9 Å². The first-order chi connectivity index (χ1) is 6.97. The van der Waals surface area contributed by atoms with Crippen molar-refractivity contribution in [3.05, 3.63) is 30.3 Å². The lowest BCUT2D eigenvalue weighted by Gasteiger charge is -2.08. The molecule has 3 nitrogen and oxygen atoms in total. The highest BCUT2D eigenvalue weighted by Gasteiger charge is 2.33. The number of hydrogen-bond acceptors (Lipinski definition) is 3. The molecule has 82 valence electrons. The van der Waals surface area contributed by atoms with E-state index in [-0.39, 0.29) is 0 Å². The summed E-state index contributed by atoms with van der Waals surface area (Å²) in [4.78, 5) is 10.6. The highest BCUT2D eigenvalue weighted by atomic mass is 19.4. The van der Waals surface area contributed by atoms with E-state index in [0.717, 1.165) is 0 Å². The number of ether oxygens (including phenoxy) is 1. The van der Waals surface area contributed by atoms with Crippen LogP contribution in [0.3, 0.4) is 0 Å². The molecule has 1 N–H and O–H groups in total. The predicted molar refractivity (Wildman–Crippen MR) is 47.1 cm³/mol. The molecule has 1 aromatic carbocycles. The Kier molecular flexibility index (Phi) is 3.54. The molecule has 6 heteroatoms. The number of halogens is 3. The third-order valence-electron chi connectivity index (χ3n) is 1.44. The first kappa shape index (κ1) is 11.4. The summed E-state index contributed by atoms with van der Waals surface area (Å²) >= 11 is 0. The molecular weight excluding hydrogens is 211 g/mol. The van der Waals surface area contributed by atoms with Crippen LogP contribution >= 0.6 is 0 Å². The van der Waals surface area contributed by atoms with Crippen LogP contribution in [0.25, 0.3) is 0 Å². The van der Waals surface area contributed by atoms with Gasteiger partial charge in [-0.1, -0.05) is 18.2 Å². The molecule has 0 saturated heterocycles. The second-order valence-corrected chi connectivity index (χ2v) is 2.64. The Morgan fingerprint density at radius 3 is 2.40 bits per heavy atom. The SMILES string of the molecule is O=C(CNc1ccccc1)OC(F)(F)F. The van der Waals surface area contributed by atoms with Crippen LogP contribution in [-0.2, 0) is 9.53 Å². The molecule has 1 rings (SSSR count). The van der Waals surface area contributed by atoms with Gasteiger partial charge in [0.15, 0.2) is 0 Å². The fourth-order valence-electron chi connectivity index (χ4n) is 0.895. The molecule has 0 atom stereocenters. The molecule has 0 spiro atoms. The van der Waals surface area contributed by atoms with Crippen LogP contribution in [0.5, 0.6) is 0 Å². The summed E-state index contributed by atoms with van der Waals surface area (Å²) in [6.07, 6.45) is -4.92. The van der Waals surface area contributed by atoms with Crippen LogP contribution in [0.15, 0.2) is 30.3 Å². The largest absolute Gasteiger partial charge is 0.575 e. The van der Waals surface area contributed by atoms with Crippen molar-refractivity contribution in [1.29, 1.82) is 0 Å². The van der Waals surface area contributed by atoms with Gasteiger partial charge in [0.05, 0.1) is 0 Å². The fraction of sp³-hybridized carbons (Fsp3) is 0.222. The van der Waals surface area contributed by atoms with E-state index in [2.05, 4.69) is 10.1 Å². The van der Waals surface area contributed by atoms with E-state index in [1.807, 2.05) is 0 Å². The smallest absolute Gasteiger partial charge is 0.375 e. The minimum atomic E-state index is -4.92. The van der Waals surface area contributed by atoms with Gasteiger partial charge in [0.2, 0.25) is 0 Å². The summed E-state index contributed by atoms with van der Waals surface area (Å²) < 4.78 is 37.8. The zero-order chi connectivity index (χ0) is 11.3. The van der Waals surface area contributed by atoms with E-state index in [9.17, 15) is 18.0 Å². The van der Waals surface area contributed by atoms with E-state index >= 15 is 0 Å². The van der Waals surface area contributed by atoms with E-state index in [1.54, 1.807) is 30.3 Å². The topological polar surface area (TPSA) is 38.3 Å². The molecule has 1 aromatic rings. The van der Waals surface area contributed by atoms with Crippen molar-refractivity contribution < 1.29 is 22.7 Å². The monoisotopic (exact) mass is 219 g/mol. The Labute approximate surface area is 83.8 Å². The minimum Gasteiger partial charge on any atom is -0.375 e. The summed E-state index contributed by atoms with van der Waals surface area (Å²) in [7, 11) is 0. The zero-order valence-corrected chi connectivity index (χ0v) is 7.54. The summed E-state index contributed by atoms with van der Waals surface area (Å²) in [5, 5.41) is 2.49. The van der Waals surface area contributed by atoms with Crippen molar-refractivity contribution in [2.45, 2.75) is 6.36 Å². The van der Waals surface area contributed by atoms with E-state index in [0.29, 0.717) is 5.69 Å². The molecule has 0 amide bonds. The Balaban J connectivity index is 2.35. The summed E-state index contributed by atoms with van der Waals surface area (Å²) in [5.41, 5.74) is 0.552.